The number of hydrogen-bond acceptors (Lipinski definition) is 3. The van der Waals surface area contributed by atoms with Crippen LogP contribution >= 0.6 is 27.3 Å². The maximum atomic E-state index is 9.35. The molecule has 3 aromatic rings. The summed E-state index contributed by atoms with van der Waals surface area (Å²) in [6.07, 6.45) is 0. The van der Waals surface area contributed by atoms with Crippen LogP contribution in [0.4, 0.5) is 0 Å². The van der Waals surface area contributed by atoms with Crippen molar-refractivity contribution in [2.75, 3.05) is 0 Å². The van der Waals surface area contributed by atoms with Crippen LogP contribution < -0.4 is 5.46 Å². The topological polar surface area (TPSA) is 40.5 Å². The molecule has 0 aliphatic rings. The van der Waals surface area contributed by atoms with Gasteiger partial charge in [0.25, 0.3) is 0 Å². The van der Waals surface area contributed by atoms with Gasteiger partial charge in [0, 0.05) is 19.3 Å². The molecule has 2 N–H and O–H groups in total. The molecule has 0 radical (unpaired) electrons. The van der Waals surface area contributed by atoms with Crippen molar-refractivity contribution in [3.8, 4) is 0 Å². The molecule has 0 spiro atoms. The summed E-state index contributed by atoms with van der Waals surface area (Å²) in [5, 5.41) is 20.9. The Balaban J connectivity index is 2.47. The fraction of sp³-hybridized carbons (Fsp3) is 0. The molecule has 2 aromatic carbocycles. The molecule has 1 aromatic heterocycles. The summed E-state index contributed by atoms with van der Waals surface area (Å²) < 4.78 is 3.12. The van der Waals surface area contributed by atoms with Crippen molar-refractivity contribution in [3.63, 3.8) is 0 Å². The van der Waals surface area contributed by atoms with Crippen LogP contribution in [0.2, 0.25) is 0 Å². The Kier molecular flexibility index (Phi) is 2.71. The summed E-state index contributed by atoms with van der Waals surface area (Å²) in [6.45, 7) is 0. The lowest BCUT2D eigenvalue weighted by Gasteiger charge is -2.00. The molecule has 84 valence electrons. The van der Waals surface area contributed by atoms with E-state index in [1.54, 1.807) is 17.4 Å². The van der Waals surface area contributed by atoms with Gasteiger partial charge >= 0.3 is 7.12 Å². The SMILES string of the molecule is OB(O)c1cccc2c1sc1ccc(Br)cc12. The molecular formula is C12H8BBrO2S. The van der Waals surface area contributed by atoms with Crippen molar-refractivity contribution >= 4 is 60.0 Å². The van der Waals surface area contributed by atoms with E-state index >= 15 is 0 Å². The first-order valence-electron chi connectivity index (χ1n) is 5.13. The molecular weight excluding hydrogens is 299 g/mol. The summed E-state index contributed by atoms with van der Waals surface area (Å²) >= 11 is 5.04. The van der Waals surface area contributed by atoms with Crippen LogP contribution in [0.3, 0.4) is 0 Å². The fourth-order valence-corrected chi connectivity index (χ4v) is 3.57. The van der Waals surface area contributed by atoms with Gasteiger partial charge in [0.15, 0.2) is 0 Å². The van der Waals surface area contributed by atoms with Gasteiger partial charge in [-0.2, -0.15) is 0 Å². The highest BCUT2D eigenvalue weighted by Gasteiger charge is 2.17. The third kappa shape index (κ3) is 1.79. The van der Waals surface area contributed by atoms with Gasteiger partial charge in [0.2, 0.25) is 0 Å². The first kappa shape index (κ1) is 11.2. The maximum absolute atomic E-state index is 9.35. The normalized spacial score (nSPS) is 11.2. The maximum Gasteiger partial charge on any atom is 0.489 e. The van der Waals surface area contributed by atoms with Crippen LogP contribution in [-0.4, -0.2) is 17.2 Å². The van der Waals surface area contributed by atoms with Crippen molar-refractivity contribution in [2.45, 2.75) is 0 Å². The molecule has 0 unspecified atom stereocenters. The predicted octanol–water partition coefficient (Wildman–Crippen LogP) is 2.50. The molecule has 0 amide bonds. The molecule has 3 rings (SSSR count). The zero-order valence-corrected chi connectivity index (χ0v) is 11.1. The number of halogens is 1. The predicted molar refractivity (Wildman–Crippen MR) is 76.9 cm³/mol. The second kappa shape index (κ2) is 4.10. The van der Waals surface area contributed by atoms with Crippen LogP contribution in [0.25, 0.3) is 20.2 Å². The molecule has 0 saturated heterocycles. The lowest BCUT2D eigenvalue weighted by molar-refractivity contribution is 0.426. The smallest absolute Gasteiger partial charge is 0.423 e. The van der Waals surface area contributed by atoms with Crippen molar-refractivity contribution in [2.24, 2.45) is 0 Å². The minimum atomic E-state index is -1.42. The highest BCUT2D eigenvalue weighted by molar-refractivity contribution is 9.10. The van der Waals surface area contributed by atoms with Gasteiger partial charge in [-0.1, -0.05) is 34.1 Å². The number of thiophene rings is 1. The summed E-state index contributed by atoms with van der Waals surface area (Å²) in [7, 11) is -1.42. The Morgan fingerprint density at radius 1 is 1.06 bits per heavy atom. The molecule has 17 heavy (non-hydrogen) atoms. The van der Waals surface area contributed by atoms with Crippen molar-refractivity contribution in [1.82, 2.24) is 0 Å². The van der Waals surface area contributed by atoms with Gasteiger partial charge in [-0.25, -0.2) is 0 Å². The van der Waals surface area contributed by atoms with E-state index in [2.05, 4.69) is 22.0 Å². The van der Waals surface area contributed by atoms with Crippen LogP contribution in [-0.2, 0) is 0 Å². The van der Waals surface area contributed by atoms with E-state index in [1.165, 1.54) is 0 Å². The second-order valence-electron chi connectivity index (χ2n) is 3.84. The number of benzene rings is 2. The van der Waals surface area contributed by atoms with Crippen molar-refractivity contribution in [1.29, 1.82) is 0 Å². The Hall–Kier alpha value is -0.875. The average Bonchev–Trinajstić information content (AvgIpc) is 2.66. The lowest BCUT2D eigenvalue weighted by Crippen LogP contribution is -2.29. The molecule has 1 heterocycles. The van der Waals surface area contributed by atoms with E-state index in [-0.39, 0.29) is 0 Å². The number of rotatable bonds is 1. The van der Waals surface area contributed by atoms with Gasteiger partial charge in [-0.05, 0) is 29.0 Å². The molecule has 0 fully saturated rings. The monoisotopic (exact) mass is 306 g/mol. The summed E-state index contributed by atoms with van der Waals surface area (Å²) in [4.78, 5) is 0. The Labute approximate surface area is 111 Å². The van der Waals surface area contributed by atoms with E-state index < -0.39 is 7.12 Å². The number of fused-ring (bicyclic) bond motifs is 3. The third-order valence-corrected chi connectivity index (χ3v) is 4.50. The molecule has 0 saturated carbocycles. The zero-order chi connectivity index (χ0) is 12.0. The summed E-state index contributed by atoms with van der Waals surface area (Å²) in [5.74, 6) is 0. The van der Waals surface area contributed by atoms with Gasteiger partial charge in [0.05, 0.1) is 0 Å². The molecule has 0 atom stereocenters. The minimum Gasteiger partial charge on any atom is -0.423 e. The quantitative estimate of drug-likeness (QED) is 0.678. The fourth-order valence-electron chi connectivity index (χ4n) is 2.00. The highest BCUT2D eigenvalue weighted by atomic mass is 79.9. The van der Waals surface area contributed by atoms with Crippen LogP contribution in [0.1, 0.15) is 0 Å². The zero-order valence-electron chi connectivity index (χ0n) is 8.72. The Morgan fingerprint density at radius 3 is 2.65 bits per heavy atom. The Morgan fingerprint density at radius 2 is 1.88 bits per heavy atom. The van der Waals surface area contributed by atoms with Gasteiger partial charge in [-0.15, -0.1) is 11.3 Å². The van der Waals surface area contributed by atoms with Crippen LogP contribution in [0.15, 0.2) is 40.9 Å². The average molecular weight is 307 g/mol. The minimum absolute atomic E-state index is 0.569. The van der Waals surface area contributed by atoms with Gasteiger partial charge < -0.3 is 10.0 Å². The van der Waals surface area contributed by atoms with E-state index in [0.29, 0.717) is 5.46 Å². The van der Waals surface area contributed by atoms with Crippen LogP contribution in [0, 0.1) is 0 Å². The summed E-state index contributed by atoms with van der Waals surface area (Å²) in [6, 6.07) is 11.7. The summed E-state index contributed by atoms with van der Waals surface area (Å²) in [5.41, 5.74) is 0.569. The standard InChI is InChI=1S/C12H8BBrO2S/c14-7-4-5-11-9(6-7)8-2-1-3-10(13(15)16)12(8)17-11/h1-6,15-16H. The Bertz CT molecular complexity index is 708. The van der Waals surface area contributed by atoms with Crippen LogP contribution in [0.5, 0.6) is 0 Å². The first-order chi connectivity index (χ1) is 8.16. The first-order valence-corrected chi connectivity index (χ1v) is 6.74. The van der Waals surface area contributed by atoms with Crippen molar-refractivity contribution < 1.29 is 10.0 Å². The van der Waals surface area contributed by atoms with Gasteiger partial charge in [-0.3, -0.25) is 0 Å². The molecule has 2 nitrogen and oxygen atoms in total. The second-order valence-corrected chi connectivity index (χ2v) is 5.81. The number of hydrogen-bond donors (Lipinski definition) is 2. The highest BCUT2D eigenvalue weighted by Crippen LogP contribution is 2.34. The largest absolute Gasteiger partial charge is 0.489 e. The van der Waals surface area contributed by atoms with E-state index in [0.717, 1.165) is 24.6 Å². The molecule has 0 bridgehead atoms. The van der Waals surface area contributed by atoms with Gasteiger partial charge in [0.1, 0.15) is 0 Å². The molecule has 5 heteroatoms. The third-order valence-electron chi connectivity index (χ3n) is 2.77. The van der Waals surface area contributed by atoms with E-state index in [4.69, 9.17) is 0 Å². The van der Waals surface area contributed by atoms with E-state index in [1.807, 2.05) is 24.3 Å². The van der Waals surface area contributed by atoms with Crippen molar-refractivity contribution in [3.05, 3.63) is 40.9 Å². The van der Waals surface area contributed by atoms with E-state index in [9.17, 15) is 10.0 Å². The molecule has 0 aliphatic heterocycles. The molecule has 0 aliphatic carbocycles. The lowest BCUT2D eigenvalue weighted by atomic mass is 9.80.